The van der Waals surface area contributed by atoms with Crippen molar-refractivity contribution < 1.29 is 33.1 Å². The Kier molecular flexibility index (Phi) is 9.83. The van der Waals surface area contributed by atoms with Gasteiger partial charge in [-0.3, -0.25) is 29.1 Å². The van der Waals surface area contributed by atoms with E-state index < -0.39 is 44.0 Å². The highest BCUT2D eigenvalue weighted by Crippen LogP contribution is 2.43. The first-order valence-electron chi connectivity index (χ1n) is 15.4. The zero-order chi connectivity index (χ0) is 34.3. The van der Waals surface area contributed by atoms with E-state index in [4.69, 9.17) is 4.43 Å². The molecule has 47 heavy (non-hydrogen) atoms. The van der Waals surface area contributed by atoms with Crippen molar-refractivity contribution in [1.82, 2.24) is 15.2 Å². The van der Waals surface area contributed by atoms with Gasteiger partial charge in [-0.2, -0.15) is 0 Å². The summed E-state index contributed by atoms with van der Waals surface area (Å²) in [5.74, 6) is -4.25. The number of amides is 4. The fourth-order valence-electron chi connectivity index (χ4n) is 5.45. The Bertz CT molecular complexity index is 1690. The number of hydrogen-bond acceptors (Lipinski definition) is 7. The van der Waals surface area contributed by atoms with Crippen LogP contribution in [0.4, 0.5) is 10.1 Å². The Morgan fingerprint density at radius 3 is 2.21 bits per heavy atom. The van der Waals surface area contributed by atoms with Crippen LogP contribution in [0, 0.1) is 11.7 Å². The third-order valence-corrected chi connectivity index (χ3v) is 14.6. The van der Waals surface area contributed by atoms with Gasteiger partial charge in [0.1, 0.15) is 17.8 Å². The number of fused-ring (bicyclic) bond motifs is 2. The van der Waals surface area contributed by atoms with E-state index in [-0.39, 0.29) is 59.6 Å². The summed E-state index contributed by atoms with van der Waals surface area (Å²) in [7, 11) is -2.07. The molecule has 2 aliphatic rings. The zero-order valence-electron chi connectivity index (χ0n) is 27.0. The van der Waals surface area contributed by atoms with Crippen molar-refractivity contribution in [2.75, 3.05) is 31.1 Å². The third kappa shape index (κ3) is 6.80. The van der Waals surface area contributed by atoms with Crippen LogP contribution in [0.25, 0.3) is 0 Å². The summed E-state index contributed by atoms with van der Waals surface area (Å²) >= 11 is 3.60. The Balaban J connectivity index is 1.42. The number of nitrogens with zero attached hydrogens (tertiary/aromatic N) is 3. The normalized spacial score (nSPS) is 18.0. The van der Waals surface area contributed by atoms with E-state index in [1.165, 1.54) is 23.2 Å². The molecule has 4 amide bonds. The lowest BCUT2D eigenvalue weighted by molar-refractivity contribution is -0.139. The van der Waals surface area contributed by atoms with Gasteiger partial charge in [-0.1, -0.05) is 45.0 Å². The fourth-order valence-corrected chi connectivity index (χ4v) is 7.15. The van der Waals surface area contributed by atoms with Gasteiger partial charge in [0.2, 0.25) is 11.8 Å². The van der Waals surface area contributed by atoms with Crippen molar-refractivity contribution in [2.24, 2.45) is 5.92 Å². The number of pyridine rings is 1. The number of nitrogens with one attached hydrogen (secondary N) is 1. The van der Waals surface area contributed by atoms with Crippen molar-refractivity contribution in [3.8, 4) is 0 Å². The van der Waals surface area contributed by atoms with Gasteiger partial charge in [0.15, 0.2) is 8.32 Å². The first kappa shape index (κ1) is 34.5. The number of aliphatic hydroxyl groups excluding tert-OH is 1. The van der Waals surface area contributed by atoms with Crippen LogP contribution in [0.5, 0.6) is 0 Å². The number of rotatable bonds is 10. The van der Waals surface area contributed by atoms with Crippen LogP contribution < -0.4 is 10.2 Å². The molecule has 0 aliphatic carbocycles. The van der Waals surface area contributed by atoms with Crippen molar-refractivity contribution in [2.45, 2.75) is 51.4 Å². The summed E-state index contributed by atoms with van der Waals surface area (Å²) < 4.78 is 20.1. The molecule has 3 aromatic rings. The van der Waals surface area contributed by atoms with Gasteiger partial charge >= 0.3 is 0 Å². The minimum absolute atomic E-state index is 0.0230. The minimum atomic E-state index is -2.07. The highest BCUT2D eigenvalue weighted by Gasteiger charge is 2.47. The molecule has 0 saturated heterocycles. The molecule has 0 fully saturated rings. The number of carbonyl (C=O) groups excluding carboxylic acids is 4. The van der Waals surface area contributed by atoms with Crippen LogP contribution in [-0.2, 0) is 20.4 Å². The second-order valence-corrected chi connectivity index (χ2v) is 18.9. The van der Waals surface area contributed by atoms with Crippen molar-refractivity contribution in [1.29, 1.82) is 0 Å². The van der Waals surface area contributed by atoms with Gasteiger partial charge in [-0.25, -0.2) is 4.39 Å². The molecule has 13 heteroatoms. The van der Waals surface area contributed by atoms with Crippen molar-refractivity contribution >= 4 is 53.6 Å². The number of aliphatic hydroxyl groups is 1. The molecule has 10 nitrogen and oxygen atoms in total. The highest BCUT2D eigenvalue weighted by atomic mass is 79.9. The maximum absolute atomic E-state index is 14.1. The molecule has 2 aliphatic heterocycles. The van der Waals surface area contributed by atoms with Crippen LogP contribution in [0.3, 0.4) is 0 Å². The number of benzene rings is 2. The molecule has 0 saturated carbocycles. The molecular formula is C34H38BrFN4O6Si. The maximum atomic E-state index is 14.1. The molecule has 2 aromatic carbocycles. The Labute approximate surface area is 282 Å². The lowest BCUT2D eigenvalue weighted by atomic mass is 9.90. The van der Waals surface area contributed by atoms with Crippen molar-refractivity contribution in [3.63, 3.8) is 0 Å². The topological polar surface area (TPSA) is 129 Å². The summed E-state index contributed by atoms with van der Waals surface area (Å²) in [5, 5.41) is 14.1. The van der Waals surface area contributed by atoms with E-state index in [1.807, 2.05) is 0 Å². The summed E-state index contributed by atoms with van der Waals surface area (Å²) in [6, 6.07) is 12.5. The lowest BCUT2D eigenvalue weighted by Crippen LogP contribution is -2.53. The zero-order valence-corrected chi connectivity index (χ0v) is 29.6. The van der Waals surface area contributed by atoms with E-state index in [9.17, 15) is 28.7 Å². The van der Waals surface area contributed by atoms with Crippen LogP contribution in [-0.4, -0.2) is 73.2 Å². The molecule has 3 heterocycles. The largest absolute Gasteiger partial charge is 0.415 e. The summed E-state index contributed by atoms with van der Waals surface area (Å²) in [5.41, 5.74) is 2.32. The molecule has 2 unspecified atom stereocenters. The Morgan fingerprint density at radius 2 is 1.62 bits per heavy atom. The van der Waals surface area contributed by atoms with Gasteiger partial charge < -0.3 is 19.7 Å². The fraction of sp³-hybridized carbons (Fsp3) is 0.382. The highest BCUT2D eigenvalue weighted by molar-refractivity contribution is 9.10. The van der Waals surface area contributed by atoms with Crippen LogP contribution in [0.2, 0.25) is 18.1 Å². The van der Waals surface area contributed by atoms with Crippen LogP contribution in [0.1, 0.15) is 64.4 Å². The predicted octanol–water partition coefficient (Wildman–Crippen LogP) is 5.00. The third-order valence-electron chi connectivity index (χ3n) is 9.18. The van der Waals surface area contributed by atoms with E-state index in [0.717, 1.165) is 10.5 Å². The molecule has 5 rings (SSSR count). The van der Waals surface area contributed by atoms with E-state index in [0.29, 0.717) is 16.5 Å². The number of anilines is 1. The Hall–Kier alpha value is -3.78. The van der Waals surface area contributed by atoms with Crippen LogP contribution in [0.15, 0.2) is 59.2 Å². The van der Waals surface area contributed by atoms with Crippen molar-refractivity contribution in [3.05, 3.63) is 93.0 Å². The average Bonchev–Trinajstić information content (AvgIpc) is 3.26. The summed E-state index contributed by atoms with van der Waals surface area (Å²) in [4.78, 5) is 60.7. The summed E-state index contributed by atoms with van der Waals surface area (Å²) in [6.45, 7) is 10.6. The van der Waals surface area contributed by atoms with Gasteiger partial charge in [-0.05, 0) is 69.5 Å². The van der Waals surface area contributed by atoms with Gasteiger partial charge in [0.25, 0.3) is 11.8 Å². The number of aromatic nitrogens is 1. The number of carbonyl (C=O) groups is 4. The average molecular weight is 726 g/mol. The number of hydrogen-bond donors (Lipinski definition) is 2. The predicted molar refractivity (Wildman–Crippen MR) is 180 cm³/mol. The van der Waals surface area contributed by atoms with E-state index in [1.54, 1.807) is 36.4 Å². The smallest absolute Gasteiger partial charge is 0.261 e. The molecule has 0 bridgehead atoms. The molecule has 0 spiro atoms. The standard InChI is InChI=1S/C34H38BrFN4O6Si/c1-34(2,3)47(4,5)46-17-14-37-30(42)25-29(41)27-28(26(35)21(19-38-27)18-20-10-12-22(36)13-11-20)39(33(25)45)15-16-40-31(43)23-8-6-7-9-24(23)32(40)44/h6-13,19,25,29,41H,14-18H2,1-5H3,(H,37,42). The molecule has 248 valence electrons. The molecular weight excluding hydrogens is 687 g/mol. The number of halogens is 2. The van der Waals surface area contributed by atoms with Gasteiger partial charge in [-0.15, -0.1) is 0 Å². The van der Waals surface area contributed by atoms with Gasteiger partial charge in [0.05, 0.1) is 29.1 Å². The Morgan fingerprint density at radius 1 is 1.02 bits per heavy atom. The monoisotopic (exact) mass is 724 g/mol. The summed E-state index contributed by atoms with van der Waals surface area (Å²) in [6.07, 6.45) is 0.302. The maximum Gasteiger partial charge on any atom is 0.261 e. The molecule has 2 N–H and O–H groups in total. The molecule has 0 radical (unpaired) electrons. The minimum Gasteiger partial charge on any atom is -0.415 e. The second kappa shape index (κ2) is 13.4. The molecule has 2 atom stereocenters. The lowest BCUT2D eigenvalue weighted by Gasteiger charge is -2.38. The second-order valence-electron chi connectivity index (χ2n) is 13.3. The quantitative estimate of drug-likeness (QED) is 0.130. The SMILES string of the molecule is CC(C)(C)[Si](C)(C)OCCNC(=O)C1C(=O)N(CCN2C(=O)c3ccccc3C2=O)c2c(ncc(Cc3ccc(F)cc3)c2Br)C1O. The number of imide groups is 1. The van der Waals surface area contributed by atoms with E-state index in [2.05, 4.69) is 60.1 Å². The van der Waals surface area contributed by atoms with Gasteiger partial charge in [0, 0.05) is 36.7 Å². The first-order chi connectivity index (χ1) is 22.1. The molecule has 1 aromatic heterocycles. The first-order valence-corrected chi connectivity index (χ1v) is 19.1. The van der Waals surface area contributed by atoms with Crippen LogP contribution >= 0.6 is 15.9 Å². The van der Waals surface area contributed by atoms with E-state index >= 15 is 0 Å².